The number of halogens is 1. The van der Waals surface area contributed by atoms with Crippen LogP contribution in [0.2, 0.25) is 0 Å². The van der Waals surface area contributed by atoms with Gasteiger partial charge in [0.25, 0.3) is 0 Å². The number of hydrogen-bond donors (Lipinski definition) is 1. The summed E-state index contributed by atoms with van der Waals surface area (Å²) in [4.78, 5) is 15.6. The Hall–Kier alpha value is -1.07. The van der Waals surface area contributed by atoms with E-state index in [-0.39, 0.29) is 12.5 Å². The number of anilines is 1. The van der Waals surface area contributed by atoms with Gasteiger partial charge in [0.05, 0.1) is 6.61 Å². The lowest BCUT2D eigenvalue weighted by Gasteiger charge is -2.24. The first kappa shape index (κ1) is 14.3. The quantitative estimate of drug-likeness (QED) is 0.904. The van der Waals surface area contributed by atoms with Gasteiger partial charge in [0.2, 0.25) is 5.91 Å². The van der Waals surface area contributed by atoms with Crippen LogP contribution in [0, 0.1) is 0 Å². The molecule has 1 aliphatic rings. The van der Waals surface area contributed by atoms with E-state index < -0.39 is 0 Å². The van der Waals surface area contributed by atoms with Crippen LogP contribution in [0.15, 0.2) is 22.7 Å². The molecule has 104 valence electrons. The van der Waals surface area contributed by atoms with Crippen molar-refractivity contribution >= 4 is 27.5 Å². The van der Waals surface area contributed by atoms with E-state index in [4.69, 9.17) is 0 Å². The molecule has 0 radical (unpaired) electrons. The number of carbonyl (C=O) groups excluding carboxylic acids is 1. The molecule has 1 aromatic carbocycles. The van der Waals surface area contributed by atoms with E-state index in [0.29, 0.717) is 0 Å². The Labute approximate surface area is 122 Å². The number of aliphatic hydroxyl groups excluding tert-OH is 1. The molecule has 0 unspecified atom stereocenters. The van der Waals surface area contributed by atoms with Crippen LogP contribution in [-0.2, 0) is 11.4 Å². The van der Waals surface area contributed by atoms with Gasteiger partial charge in [0.15, 0.2) is 0 Å². The molecule has 0 bridgehead atoms. The first-order valence-electron chi connectivity index (χ1n) is 6.51. The first-order valence-corrected chi connectivity index (χ1v) is 7.31. The Bertz CT molecular complexity index is 465. The van der Waals surface area contributed by atoms with E-state index in [1.54, 1.807) is 6.92 Å². The fourth-order valence-electron chi connectivity index (χ4n) is 2.35. The van der Waals surface area contributed by atoms with E-state index in [1.807, 2.05) is 23.1 Å². The molecule has 1 heterocycles. The molecular formula is C14H19BrN2O2. The van der Waals surface area contributed by atoms with E-state index in [1.165, 1.54) is 0 Å². The van der Waals surface area contributed by atoms with Crippen LogP contribution >= 0.6 is 15.9 Å². The smallest absolute Gasteiger partial charge is 0.219 e. The molecule has 0 aliphatic carbocycles. The summed E-state index contributed by atoms with van der Waals surface area (Å²) in [5.74, 6) is 0.152. The van der Waals surface area contributed by atoms with E-state index in [9.17, 15) is 9.90 Å². The SMILES string of the molecule is CC(=O)N1CCCN(c2ccc(CO)c(Br)c2)CC1. The van der Waals surface area contributed by atoms with E-state index in [2.05, 4.69) is 20.8 Å². The second-order valence-corrected chi connectivity index (χ2v) is 5.63. The normalized spacial score (nSPS) is 16.4. The third-order valence-electron chi connectivity index (χ3n) is 3.51. The number of rotatable bonds is 2. The Morgan fingerprint density at radius 1 is 1.32 bits per heavy atom. The second kappa shape index (κ2) is 6.39. The summed E-state index contributed by atoms with van der Waals surface area (Å²) in [6.45, 7) is 5.08. The zero-order valence-corrected chi connectivity index (χ0v) is 12.7. The molecule has 1 saturated heterocycles. The summed E-state index contributed by atoms with van der Waals surface area (Å²) >= 11 is 3.48. The maximum atomic E-state index is 11.4. The molecule has 5 heteroatoms. The van der Waals surface area contributed by atoms with Gasteiger partial charge in [0.1, 0.15) is 0 Å². The van der Waals surface area contributed by atoms with Crippen LogP contribution in [0.5, 0.6) is 0 Å². The molecule has 0 aromatic heterocycles. The molecule has 4 nitrogen and oxygen atoms in total. The zero-order valence-electron chi connectivity index (χ0n) is 11.1. The molecule has 0 spiro atoms. The van der Waals surface area contributed by atoms with E-state index in [0.717, 1.165) is 48.3 Å². The van der Waals surface area contributed by atoms with Crippen molar-refractivity contribution in [2.75, 3.05) is 31.1 Å². The molecule has 1 N–H and O–H groups in total. The molecular weight excluding hydrogens is 308 g/mol. The standard InChI is InChI=1S/C14H19BrN2O2/c1-11(19)16-5-2-6-17(8-7-16)13-4-3-12(10-18)14(15)9-13/h3-4,9,18H,2,5-8,10H2,1H3. The van der Waals surface area contributed by atoms with Gasteiger partial charge < -0.3 is 14.9 Å². The number of hydrogen-bond acceptors (Lipinski definition) is 3. The van der Waals surface area contributed by atoms with Gasteiger partial charge in [0, 0.05) is 43.3 Å². The summed E-state index contributed by atoms with van der Waals surface area (Å²) < 4.78 is 0.931. The minimum absolute atomic E-state index is 0.0407. The van der Waals surface area contributed by atoms with Crippen molar-refractivity contribution in [1.82, 2.24) is 4.90 Å². The van der Waals surface area contributed by atoms with Crippen molar-refractivity contribution < 1.29 is 9.90 Å². The van der Waals surface area contributed by atoms with Crippen LogP contribution in [-0.4, -0.2) is 42.1 Å². The minimum Gasteiger partial charge on any atom is -0.392 e. The summed E-state index contributed by atoms with van der Waals surface area (Å²) in [5.41, 5.74) is 2.03. The third-order valence-corrected chi connectivity index (χ3v) is 4.25. The first-order chi connectivity index (χ1) is 9.11. The monoisotopic (exact) mass is 326 g/mol. The van der Waals surface area contributed by atoms with Crippen molar-refractivity contribution in [3.05, 3.63) is 28.2 Å². The van der Waals surface area contributed by atoms with Crippen LogP contribution < -0.4 is 4.90 Å². The molecule has 2 rings (SSSR count). The highest BCUT2D eigenvalue weighted by Crippen LogP contribution is 2.25. The van der Waals surface area contributed by atoms with Crippen LogP contribution in [0.3, 0.4) is 0 Å². The Morgan fingerprint density at radius 2 is 2.11 bits per heavy atom. The predicted molar refractivity (Wildman–Crippen MR) is 79.1 cm³/mol. The van der Waals surface area contributed by atoms with Crippen molar-refractivity contribution in [3.8, 4) is 0 Å². The zero-order chi connectivity index (χ0) is 13.8. The highest BCUT2D eigenvalue weighted by Gasteiger charge is 2.17. The molecule has 1 fully saturated rings. The van der Waals surface area contributed by atoms with E-state index >= 15 is 0 Å². The van der Waals surface area contributed by atoms with Crippen molar-refractivity contribution in [1.29, 1.82) is 0 Å². The second-order valence-electron chi connectivity index (χ2n) is 4.78. The van der Waals surface area contributed by atoms with Crippen molar-refractivity contribution in [2.24, 2.45) is 0 Å². The summed E-state index contributed by atoms with van der Waals surface area (Å²) in [6, 6.07) is 6.00. The average molecular weight is 327 g/mol. The molecule has 0 saturated carbocycles. The summed E-state index contributed by atoms with van der Waals surface area (Å²) in [5, 5.41) is 9.17. The lowest BCUT2D eigenvalue weighted by molar-refractivity contribution is -0.128. The fourth-order valence-corrected chi connectivity index (χ4v) is 2.84. The van der Waals surface area contributed by atoms with Crippen LogP contribution in [0.25, 0.3) is 0 Å². The predicted octanol–water partition coefficient (Wildman–Crippen LogP) is 2.00. The van der Waals surface area contributed by atoms with Crippen molar-refractivity contribution in [3.63, 3.8) is 0 Å². The minimum atomic E-state index is 0.0407. The summed E-state index contributed by atoms with van der Waals surface area (Å²) in [6.07, 6.45) is 0.985. The van der Waals surface area contributed by atoms with Gasteiger partial charge in [-0.05, 0) is 24.1 Å². The van der Waals surface area contributed by atoms with Gasteiger partial charge in [-0.1, -0.05) is 22.0 Å². The van der Waals surface area contributed by atoms with Gasteiger partial charge in [-0.15, -0.1) is 0 Å². The summed E-state index contributed by atoms with van der Waals surface area (Å²) in [7, 11) is 0. The molecule has 1 aromatic rings. The highest BCUT2D eigenvalue weighted by molar-refractivity contribution is 9.10. The largest absolute Gasteiger partial charge is 0.392 e. The number of aliphatic hydroxyl groups is 1. The number of nitrogens with zero attached hydrogens (tertiary/aromatic N) is 2. The third kappa shape index (κ3) is 3.48. The topological polar surface area (TPSA) is 43.8 Å². The lowest BCUT2D eigenvalue weighted by Crippen LogP contribution is -2.33. The van der Waals surface area contributed by atoms with Crippen LogP contribution in [0.1, 0.15) is 18.9 Å². The molecule has 1 aliphatic heterocycles. The fraction of sp³-hybridized carbons (Fsp3) is 0.500. The van der Waals surface area contributed by atoms with Crippen LogP contribution in [0.4, 0.5) is 5.69 Å². The maximum absolute atomic E-state index is 11.4. The number of benzene rings is 1. The van der Waals surface area contributed by atoms with Gasteiger partial charge in [-0.2, -0.15) is 0 Å². The van der Waals surface area contributed by atoms with Gasteiger partial charge in [-0.3, -0.25) is 4.79 Å². The van der Waals surface area contributed by atoms with Gasteiger partial charge >= 0.3 is 0 Å². The molecule has 19 heavy (non-hydrogen) atoms. The Kier molecular flexibility index (Phi) is 4.82. The molecule has 1 amide bonds. The Morgan fingerprint density at radius 3 is 2.74 bits per heavy atom. The average Bonchev–Trinajstić information content (AvgIpc) is 2.64. The van der Waals surface area contributed by atoms with Gasteiger partial charge in [-0.25, -0.2) is 0 Å². The van der Waals surface area contributed by atoms with Crippen molar-refractivity contribution in [2.45, 2.75) is 20.0 Å². The molecule has 0 atom stereocenters. The maximum Gasteiger partial charge on any atom is 0.219 e. The lowest BCUT2D eigenvalue weighted by atomic mass is 10.2. The highest BCUT2D eigenvalue weighted by atomic mass is 79.9. The number of amides is 1. The Balaban J connectivity index is 2.10. The number of carbonyl (C=O) groups is 1.